The number of hydrogen-bond donors (Lipinski definition) is 1. The molecule has 2 atom stereocenters. The molecule has 0 bridgehead atoms. The number of fused-ring (bicyclic) bond motifs is 1. The molecule has 2 aromatic carbocycles. The normalized spacial score (nSPS) is 13.9. The topological polar surface area (TPSA) is 54.4 Å². The van der Waals surface area contributed by atoms with Crippen molar-refractivity contribution in [2.45, 2.75) is 13.8 Å². The predicted molar refractivity (Wildman–Crippen MR) is 79.3 cm³/mol. The minimum absolute atomic E-state index is 0.173. The van der Waals surface area contributed by atoms with E-state index in [4.69, 9.17) is 16.7 Å². The number of ketones is 1. The standard InChI is InChI=1S/C16H15ClO3/c1-9(10(2)16(19)20)15(18)13-7-8-14(17)12-6-4-3-5-11(12)13/h3-10H,1-2H3,(H,19,20). The molecule has 0 aliphatic carbocycles. The minimum Gasteiger partial charge on any atom is -0.481 e. The van der Waals surface area contributed by atoms with Crippen LogP contribution in [0.2, 0.25) is 5.02 Å². The summed E-state index contributed by atoms with van der Waals surface area (Å²) in [5.41, 5.74) is 0.519. The Bertz CT molecular complexity index is 678. The molecule has 0 aliphatic rings. The molecule has 0 spiro atoms. The van der Waals surface area contributed by atoms with E-state index in [0.29, 0.717) is 10.6 Å². The Morgan fingerprint density at radius 2 is 1.60 bits per heavy atom. The maximum absolute atomic E-state index is 12.5. The molecule has 0 saturated heterocycles. The smallest absolute Gasteiger partial charge is 0.306 e. The van der Waals surface area contributed by atoms with E-state index in [1.807, 2.05) is 24.3 Å². The zero-order valence-corrected chi connectivity index (χ0v) is 12.0. The summed E-state index contributed by atoms with van der Waals surface area (Å²) in [6.45, 7) is 3.19. The SMILES string of the molecule is CC(C(=O)O)C(C)C(=O)c1ccc(Cl)c2ccccc12. The highest BCUT2D eigenvalue weighted by Gasteiger charge is 2.27. The van der Waals surface area contributed by atoms with Crippen molar-refractivity contribution in [3.63, 3.8) is 0 Å². The van der Waals surface area contributed by atoms with Crippen LogP contribution >= 0.6 is 11.6 Å². The molecule has 0 fully saturated rings. The van der Waals surface area contributed by atoms with Gasteiger partial charge in [-0.2, -0.15) is 0 Å². The van der Waals surface area contributed by atoms with E-state index >= 15 is 0 Å². The van der Waals surface area contributed by atoms with E-state index in [-0.39, 0.29) is 5.78 Å². The zero-order valence-electron chi connectivity index (χ0n) is 11.3. The van der Waals surface area contributed by atoms with Crippen molar-refractivity contribution in [3.8, 4) is 0 Å². The first-order chi connectivity index (χ1) is 9.43. The van der Waals surface area contributed by atoms with Crippen LogP contribution in [0.3, 0.4) is 0 Å². The second-order valence-corrected chi connectivity index (χ2v) is 5.33. The monoisotopic (exact) mass is 290 g/mol. The van der Waals surface area contributed by atoms with Crippen LogP contribution in [0, 0.1) is 11.8 Å². The molecular formula is C16H15ClO3. The fourth-order valence-corrected chi connectivity index (χ4v) is 2.39. The summed E-state index contributed by atoms with van der Waals surface area (Å²) in [6, 6.07) is 10.7. The summed E-state index contributed by atoms with van der Waals surface area (Å²) in [7, 11) is 0. The first-order valence-electron chi connectivity index (χ1n) is 6.37. The number of hydrogen-bond acceptors (Lipinski definition) is 2. The molecule has 20 heavy (non-hydrogen) atoms. The van der Waals surface area contributed by atoms with Crippen molar-refractivity contribution < 1.29 is 14.7 Å². The van der Waals surface area contributed by atoms with Crippen LogP contribution in [0.5, 0.6) is 0 Å². The highest BCUT2D eigenvalue weighted by Crippen LogP contribution is 2.29. The molecule has 4 heteroatoms. The number of benzene rings is 2. The van der Waals surface area contributed by atoms with E-state index in [2.05, 4.69) is 0 Å². The lowest BCUT2D eigenvalue weighted by Crippen LogP contribution is -2.25. The first-order valence-corrected chi connectivity index (χ1v) is 6.75. The molecule has 2 rings (SSSR count). The second-order valence-electron chi connectivity index (χ2n) is 4.92. The summed E-state index contributed by atoms with van der Waals surface area (Å²) in [4.78, 5) is 23.5. The summed E-state index contributed by atoms with van der Waals surface area (Å²) < 4.78 is 0. The molecule has 0 aromatic heterocycles. The minimum atomic E-state index is -0.968. The lowest BCUT2D eigenvalue weighted by molar-refractivity contribution is -0.142. The van der Waals surface area contributed by atoms with Crippen molar-refractivity contribution in [3.05, 3.63) is 47.0 Å². The average Bonchev–Trinajstić information content (AvgIpc) is 2.45. The average molecular weight is 291 g/mol. The maximum Gasteiger partial charge on any atom is 0.306 e. The van der Waals surface area contributed by atoms with Gasteiger partial charge < -0.3 is 5.11 Å². The Kier molecular flexibility index (Phi) is 4.09. The van der Waals surface area contributed by atoms with Gasteiger partial charge in [-0.15, -0.1) is 0 Å². The van der Waals surface area contributed by atoms with Gasteiger partial charge in [0.25, 0.3) is 0 Å². The van der Waals surface area contributed by atoms with Crippen LogP contribution in [-0.4, -0.2) is 16.9 Å². The number of carboxylic acid groups (broad SMARTS) is 1. The summed E-state index contributed by atoms with van der Waals surface area (Å²) in [6.07, 6.45) is 0. The van der Waals surface area contributed by atoms with E-state index in [9.17, 15) is 9.59 Å². The Morgan fingerprint density at radius 3 is 2.20 bits per heavy atom. The Hall–Kier alpha value is -1.87. The van der Waals surface area contributed by atoms with Crippen molar-refractivity contribution in [2.24, 2.45) is 11.8 Å². The third-order valence-electron chi connectivity index (χ3n) is 3.69. The van der Waals surface area contributed by atoms with Crippen LogP contribution in [-0.2, 0) is 4.79 Å². The molecule has 0 aliphatic heterocycles. The van der Waals surface area contributed by atoms with Gasteiger partial charge in [-0.3, -0.25) is 9.59 Å². The zero-order chi connectivity index (χ0) is 14.9. The third kappa shape index (κ3) is 2.54. The molecule has 2 unspecified atom stereocenters. The molecule has 3 nitrogen and oxygen atoms in total. The molecule has 0 heterocycles. The maximum atomic E-state index is 12.5. The Morgan fingerprint density at radius 1 is 1.00 bits per heavy atom. The molecule has 2 aromatic rings. The molecular weight excluding hydrogens is 276 g/mol. The third-order valence-corrected chi connectivity index (χ3v) is 4.02. The van der Waals surface area contributed by atoms with Crippen LogP contribution in [0.25, 0.3) is 10.8 Å². The number of rotatable bonds is 4. The van der Waals surface area contributed by atoms with Crippen LogP contribution in [0.1, 0.15) is 24.2 Å². The summed E-state index contributed by atoms with van der Waals surface area (Å²) in [5, 5.41) is 11.2. The van der Waals surface area contributed by atoms with Gasteiger partial charge in [-0.25, -0.2) is 0 Å². The van der Waals surface area contributed by atoms with Crippen molar-refractivity contribution in [1.82, 2.24) is 0 Å². The summed E-state index contributed by atoms with van der Waals surface area (Å²) in [5.74, 6) is -2.45. The number of aliphatic carboxylic acids is 1. The van der Waals surface area contributed by atoms with Gasteiger partial charge in [0.2, 0.25) is 0 Å². The van der Waals surface area contributed by atoms with Gasteiger partial charge in [0, 0.05) is 21.9 Å². The van der Waals surface area contributed by atoms with Gasteiger partial charge in [0.15, 0.2) is 5.78 Å². The Labute approximate surface area is 122 Å². The van der Waals surface area contributed by atoms with Gasteiger partial charge in [-0.1, -0.05) is 49.7 Å². The molecule has 0 radical (unpaired) electrons. The van der Waals surface area contributed by atoms with Gasteiger partial charge in [0.1, 0.15) is 0 Å². The van der Waals surface area contributed by atoms with Crippen molar-refractivity contribution in [2.75, 3.05) is 0 Å². The number of Topliss-reactive ketones (excluding diaryl/α,β-unsaturated/α-hetero) is 1. The van der Waals surface area contributed by atoms with Crippen LogP contribution in [0.15, 0.2) is 36.4 Å². The number of halogens is 1. The number of carbonyl (C=O) groups is 2. The highest BCUT2D eigenvalue weighted by molar-refractivity contribution is 6.36. The van der Waals surface area contributed by atoms with Crippen molar-refractivity contribution >= 4 is 34.1 Å². The van der Waals surface area contributed by atoms with E-state index in [1.54, 1.807) is 26.0 Å². The lowest BCUT2D eigenvalue weighted by Gasteiger charge is -2.16. The van der Waals surface area contributed by atoms with E-state index in [1.165, 1.54) is 0 Å². The molecule has 1 N–H and O–H groups in total. The molecule has 104 valence electrons. The molecule has 0 saturated carbocycles. The van der Waals surface area contributed by atoms with E-state index in [0.717, 1.165) is 10.8 Å². The van der Waals surface area contributed by atoms with E-state index < -0.39 is 17.8 Å². The fraction of sp³-hybridized carbons (Fsp3) is 0.250. The predicted octanol–water partition coefficient (Wildman–Crippen LogP) is 4.03. The largest absolute Gasteiger partial charge is 0.481 e. The van der Waals surface area contributed by atoms with Gasteiger partial charge in [-0.05, 0) is 17.5 Å². The fourth-order valence-electron chi connectivity index (χ4n) is 2.16. The molecule has 0 amide bonds. The second kappa shape index (κ2) is 5.63. The van der Waals surface area contributed by atoms with Crippen LogP contribution in [0.4, 0.5) is 0 Å². The number of carboxylic acids is 1. The number of carbonyl (C=O) groups excluding carboxylic acids is 1. The van der Waals surface area contributed by atoms with Crippen molar-refractivity contribution in [1.29, 1.82) is 0 Å². The first kappa shape index (κ1) is 14.5. The lowest BCUT2D eigenvalue weighted by atomic mass is 9.86. The summed E-state index contributed by atoms with van der Waals surface area (Å²) >= 11 is 6.12. The van der Waals surface area contributed by atoms with Gasteiger partial charge in [0.05, 0.1) is 5.92 Å². The quantitative estimate of drug-likeness (QED) is 0.865. The Balaban J connectivity index is 2.51. The van der Waals surface area contributed by atoms with Crippen LogP contribution < -0.4 is 0 Å². The van der Waals surface area contributed by atoms with Gasteiger partial charge >= 0.3 is 5.97 Å². The highest BCUT2D eigenvalue weighted by atomic mass is 35.5.